The van der Waals surface area contributed by atoms with Gasteiger partial charge in [0, 0.05) is 13.1 Å². The van der Waals surface area contributed by atoms with Crippen molar-refractivity contribution in [3.8, 4) is 0 Å². The van der Waals surface area contributed by atoms with Crippen molar-refractivity contribution in [2.24, 2.45) is 0 Å². The molecule has 1 aliphatic heterocycles. The smallest absolute Gasteiger partial charge is 0.366 e. The van der Waals surface area contributed by atoms with E-state index in [2.05, 4.69) is 5.32 Å². The van der Waals surface area contributed by atoms with Crippen molar-refractivity contribution in [2.45, 2.75) is 12.3 Å². The Morgan fingerprint density at radius 1 is 1.53 bits per heavy atom. The van der Waals surface area contributed by atoms with Crippen molar-refractivity contribution >= 4 is 18.3 Å². The molecule has 0 aromatic rings. The Bertz CT molecular complexity index is 207. The fourth-order valence-corrected chi connectivity index (χ4v) is 1.03. The van der Waals surface area contributed by atoms with Crippen LogP contribution >= 0.6 is 12.4 Å². The van der Waals surface area contributed by atoms with Crippen molar-refractivity contribution in [3.63, 3.8) is 0 Å². The number of nitrogens with one attached hydrogen (secondary N) is 2. The largest absolute Gasteiger partial charge is 0.405 e. The number of hydrogen-bond donors (Lipinski definition) is 2. The van der Waals surface area contributed by atoms with E-state index in [1.807, 2.05) is 0 Å². The number of carbonyl (C=O) groups excluding carboxylic acids is 1. The van der Waals surface area contributed by atoms with Crippen molar-refractivity contribution in [2.75, 3.05) is 26.2 Å². The number of halogens is 4. The molecule has 8 heteroatoms. The van der Waals surface area contributed by atoms with Crippen molar-refractivity contribution in [1.82, 2.24) is 10.6 Å². The van der Waals surface area contributed by atoms with Gasteiger partial charge in [-0.3, -0.25) is 4.79 Å². The third-order valence-corrected chi connectivity index (χ3v) is 1.68. The van der Waals surface area contributed by atoms with Crippen LogP contribution in [-0.4, -0.2) is 44.4 Å². The van der Waals surface area contributed by atoms with Crippen molar-refractivity contribution in [1.29, 1.82) is 0 Å². The molecule has 4 nitrogen and oxygen atoms in total. The van der Waals surface area contributed by atoms with E-state index in [4.69, 9.17) is 4.74 Å². The Hall–Kier alpha value is -0.530. The monoisotopic (exact) mass is 248 g/mol. The summed E-state index contributed by atoms with van der Waals surface area (Å²) in [6.45, 7) is -0.109. The molecule has 0 aromatic heterocycles. The number of morpholine rings is 1. The minimum Gasteiger partial charge on any atom is -0.366 e. The summed E-state index contributed by atoms with van der Waals surface area (Å²) in [7, 11) is 0. The third-order valence-electron chi connectivity index (χ3n) is 1.68. The summed E-state index contributed by atoms with van der Waals surface area (Å²) in [6.07, 6.45) is -5.19. The second kappa shape index (κ2) is 6.14. The zero-order chi connectivity index (χ0) is 10.6. The van der Waals surface area contributed by atoms with Gasteiger partial charge in [0.15, 0.2) is 0 Å². The molecule has 2 N–H and O–H groups in total. The fourth-order valence-electron chi connectivity index (χ4n) is 1.03. The Balaban J connectivity index is 0.00000196. The van der Waals surface area contributed by atoms with Crippen LogP contribution in [-0.2, 0) is 9.53 Å². The Kier molecular flexibility index (Phi) is 5.92. The highest BCUT2D eigenvalue weighted by Crippen LogP contribution is 2.12. The van der Waals surface area contributed by atoms with Gasteiger partial charge in [-0.25, -0.2) is 0 Å². The molecule has 0 bridgehead atoms. The van der Waals surface area contributed by atoms with Crippen molar-refractivity contribution < 1.29 is 22.7 Å². The normalized spacial score (nSPS) is 21.7. The lowest BCUT2D eigenvalue weighted by Crippen LogP contribution is -2.49. The standard InChI is InChI=1S/C7H11F3N2O2.ClH/c8-7(9,10)4-12-6(13)5-3-11-1-2-14-5;/h5,11H,1-4H2,(H,12,13);1H. The van der Waals surface area contributed by atoms with Crippen LogP contribution in [0.5, 0.6) is 0 Å². The number of alkyl halides is 3. The lowest BCUT2D eigenvalue weighted by molar-refractivity contribution is -0.146. The molecule has 1 heterocycles. The van der Waals surface area contributed by atoms with Gasteiger partial charge in [0.05, 0.1) is 6.61 Å². The number of rotatable bonds is 2. The molecule has 0 saturated carbocycles. The summed E-state index contributed by atoms with van der Waals surface area (Å²) in [5.41, 5.74) is 0. The molecule has 15 heavy (non-hydrogen) atoms. The van der Waals surface area contributed by atoms with Crippen molar-refractivity contribution in [3.05, 3.63) is 0 Å². The number of carbonyl (C=O) groups is 1. The van der Waals surface area contributed by atoms with Gasteiger partial charge >= 0.3 is 6.18 Å². The maximum atomic E-state index is 11.7. The van der Waals surface area contributed by atoms with Gasteiger partial charge in [-0.05, 0) is 0 Å². The van der Waals surface area contributed by atoms with E-state index < -0.39 is 24.7 Å². The van der Waals surface area contributed by atoms with Crippen LogP contribution in [0.25, 0.3) is 0 Å². The topological polar surface area (TPSA) is 50.4 Å². The molecule has 1 atom stereocenters. The first-order valence-electron chi connectivity index (χ1n) is 4.16. The molecule has 1 rings (SSSR count). The summed E-state index contributed by atoms with van der Waals surface area (Å²) in [5, 5.41) is 4.61. The quantitative estimate of drug-likeness (QED) is 0.728. The van der Waals surface area contributed by atoms with Crippen LogP contribution in [0.4, 0.5) is 13.2 Å². The molecule has 1 unspecified atom stereocenters. The van der Waals surface area contributed by atoms with Crippen LogP contribution < -0.4 is 10.6 Å². The van der Waals surface area contributed by atoms with Gasteiger partial charge in [-0.15, -0.1) is 12.4 Å². The number of hydrogen-bond acceptors (Lipinski definition) is 3. The maximum absolute atomic E-state index is 11.7. The van der Waals surface area contributed by atoms with Crippen LogP contribution in [0, 0.1) is 0 Å². The Labute approximate surface area is 90.9 Å². The molecule has 1 aliphatic rings. The highest BCUT2D eigenvalue weighted by molar-refractivity contribution is 5.85. The number of ether oxygens (including phenoxy) is 1. The van der Waals surface area contributed by atoms with Gasteiger partial charge in [0.2, 0.25) is 0 Å². The molecule has 0 radical (unpaired) electrons. The van der Waals surface area contributed by atoms with Gasteiger partial charge in [0.1, 0.15) is 12.6 Å². The minimum absolute atomic E-state index is 0. The van der Waals surface area contributed by atoms with E-state index in [0.717, 1.165) is 0 Å². The van der Waals surface area contributed by atoms with Gasteiger partial charge in [0.25, 0.3) is 5.91 Å². The Morgan fingerprint density at radius 2 is 2.20 bits per heavy atom. The van der Waals surface area contributed by atoms with Crippen LogP contribution in [0.1, 0.15) is 0 Å². The molecular formula is C7H12ClF3N2O2. The second-order valence-corrected chi connectivity index (χ2v) is 2.90. The SMILES string of the molecule is Cl.O=C(NCC(F)(F)F)C1CNCCO1. The summed E-state index contributed by atoms with van der Waals surface area (Å²) in [4.78, 5) is 11.1. The van der Waals surface area contributed by atoms with E-state index in [1.54, 1.807) is 5.32 Å². The minimum atomic E-state index is -4.38. The lowest BCUT2D eigenvalue weighted by atomic mass is 10.3. The number of amides is 1. The molecule has 0 aromatic carbocycles. The zero-order valence-electron chi connectivity index (χ0n) is 7.76. The van der Waals surface area contributed by atoms with E-state index in [-0.39, 0.29) is 19.0 Å². The average molecular weight is 249 g/mol. The molecule has 0 aliphatic carbocycles. The zero-order valence-corrected chi connectivity index (χ0v) is 8.58. The first kappa shape index (κ1) is 14.5. The fraction of sp³-hybridized carbons (Fsp3) is 0.857. The van der Waals surface area contributed by atoms with E-state index in [9.17, 15) is 18.0 Å². The molecule has 90 valence electrons. The van der Waals surface area contributed by atoms with Crippen LogP contribution in [0.15, 0.2) is 0 Å². The van der Waals surface area contributed by atoms with Gasteiger partial charge in [-0.1, -0.05) is 0 Å². The third kappa shape index (κ3) is 5.81. The summed E-state index contributed by atoms with van der Waals surface area (Å²) in [5.74, 6) is -0.727. The first-order chi connectivity index (χ1) is 6.49. The van der Waals surface area contributed by atoms with E-state index >= 15 is 0 Å². The molecular weight excluding hydrogens is 237 g/mol. The van der Waals surface area contributed by atoms with Crippen LogP contribution in [0.2, 0.25) is 0 Å². The average Bonchev–Trinajstić information content (AvgIpc) is 2.14. The summed E-state index contributed by atoms with van der Waals surface area (Å²) in [6, 6.07) is 0. The van der Waals surface area contributed by atoms with E-state index in [0.29, 0.717) is 13.2 Å². The summed E-state index contributed by atoms with van der Waals surface area (Å²) >= 11 is 0. The summed E-state index contributed by atoms with van der Waals surface area (Å²) < 4.78 is 40.1. The maximum Gasteiger partial charge on any atom is 0.405 e. The van der Waals surface area contributed by atoms with Gasteiger partial charge < -0.3 is 15.4 Å². The first-order valence-corrected chi connectivity index (χ1v) is 4.16. The predicted octanol–water partition coefficient (Wildman–Crippen LogP) is 0.0751. The van der Waals surface area contributed by atoms with Gasteiger partial charge in [-0.2, -0.15) is 13.2 Å². The molecule has 1 amide bonds. The molecule has 0 spiro atoms. The van der Waals surface area contributed by atoms with E-state index in [1.165, 1.54) is 0 Å². The molecule has 1 fully saturated rings. The lowest BCUT2D eigenvalue weighted by Gasteiger charge is -2.22. The second-order valence-electron chi connectivity index (χ2n) is 2.90. The van der Waals surface area contributed by atoms with Crippen LogP contribution in [0.3, 0.4) is 0 Å². The highest BCUT2D eigenvalue weighted by Gasteiger charge is 2.30. The predicted molar refractivity (Wildman–Crippen MR) is 48.9 cm³/mol. The Morgan fingerprint density at radius 3 is 2.67 bits per heavy atom. The highest BCUT2D eigenvalue weighted by atomic mass is 35.5. The molecule has 1 saturated heterocycles.